The number of carbonyl (C=O) groups is 1. The Balaban J connectivity index is 1.63. The van der Waals surface area contributed by atoms with Gasteiger partial charge in [-0.2, -0.15) is 0 Å². The molecule has 0 bridgehead atoms. The number of carbonyl (C=O) groups excluding carboxylic acids is 1. The van der Waals surface area contributed by atoms with Crippen LogP contribution in [0.2, 0.25) is 0 Å². The summed E-state index contributed by atoms with van der Waals surface area (Å²) in [6.07, 6.45) is 0.754. The lowest BCUT2D eigenvalue weighted by atomic mass is 10.3. The standard InChI is InChI=1S/C18H17BrFN3O3S/c1-2-7-23(10-16-21-22-18(26-16)15-4-3-8-27-15)17(24)11-25-14-6-5-12(19)9-13(14)20/h3-6,8-9H,2,7,10-11H2,1H3. The van der Waals surface area contributed by atoms with Gasteiger partial charge in [-0.15, -0.1) is 21.5 Å². The normalized spacial score (nSPS) is 10.8. The number of ether oxygens (including phenoxy) is 1. The van der Waals surface area contributed by atoms with Gasteiger partial charge in [0.15, 0.2) is 18.2 Å². The maximum Gasteiger partial charge on any atom is 0.260 e. The van der Waals surface area contributed by atoms with E-state index in [1.807, 2.05) is 24.4 Å². The van der Waals surface area contributed by atoms with E-state index in [9.17, 15) is 9.18 Å². The Labute approximate surface area is 168 Å². The zero-order valence-electron chi connectivity index (χ0n) is 14.5. The molecule has 0 saturated carbocycles. The summed E-state index contributed by atoms with van der Waals surface area (Å²) in [4.78, 5) is 14.9. The zero-order valence-corrected chi connectivity index (χ0v) is 16.9. The van der Waals surface area contributed by atoms with Gasteiger partial charge >= 0.3 is 0 Å². The molecule has 0 saturated heterocycles. The molecule has 3 rings (SSSR count). The number of amides is 1. The van der Waals surface area contributed by atoms with Crippen LogP contribution in [0.5, 0.6) is 5.75 Å². The summed E-state index contributed by atoms with van der Waals surface area (Å²) in [5.41, 5.74) is 0. The number of rotatable bonds is 8. The number of hydrogen-bond donors (Lipinski definition) is 0. The Morgan fingerprint density at radius 3 is 2.93 bits per heavy atom. The summed E-state index contributed by atoms with van der Waals surface area (Å²) in [5, 5.41) is 9.95. The number of halogens is 2. The molecule has 0 N–H and O–H groups in total. The number of nitrogens with zero attached hydrogens (tertiary/aromatic N) is 3. The topological polar surface area (TPSA) is 68.5 Å². The van der Waals surface area contributed by atoms with Gasteiger partial charge in [0.25, 0.3) is 11.8 Å². The third-order valence-electron chi connectivity index (χ3n) is 3.62. The van der Waals surface area contributed by atoms with Gasteiger partial charge in [0.2, 0.25) is 5.89 Å². The Hall–Kier alpha value is -2.26. The van der Waals surface area contributed by atoms with Crippen molar-refractivity contribution >= 4 is 33.2 Å². The van der Waals surface area contributed by atoms with Crippen molar-refractivity contribution in [3.05, 3.63) is 51.9 Å². The number of thiophene rings is 1. The van der Waals surface area contributed by atoms with Crippen LogP contribution in [0.1, 0.15) is 19.2 Å². The molecule has 0 atom stereocenters. The van der Waals surface area contributed by atoms with Crippen LogP contribution in [0, 0.1) is 5.82 Å². The molecule has 1 aromatic carbocycles. The van der Waals surface area contributed by atoms with Crippen LogP contribution in [0.25, 0.3) is 10.8 Å². The van der Waals surface area contributed by atoms with E-state index < -0.39 is 5.82 Å². The van der Waals surface area contributed by atoms with Crippen molar-refractivity contribution in [1.29, 1.82) is 0 Å². The van der Waals surface area contributed by atoms with Gasteiger partial charge in [-0.25, -0.2) is 4.39 Å². The van der Waals surface area contributed by atoms with E-state index in [0.29, 0.717) is 22.8 Å². The average molecular weight is 454 g/mol. The lowest BCUT2D eigenvalue weighted by Gasteiger charge is -2.20. The zero-order chi connectivity index (χ0) is 19.2. The molecule has 9 heteroatoms. The van der Waals surface area contributed by atoms with Crippen LogP contribution in [0.4, 0.5) is 4.39 Å². The molecule has 2 aromatic heterocycles. The lowest BCUT2D eigenvalue weighted by Crippen LogP contribution is -2.35. The fourth-order valence-corrected chi connectivity index (χ4v) is 3.34. The first-order chi connectivity index (χ1) is 13.1. The molecule has 142 valence electrons. The molecule has 0 radical (unpaired) electrons. The molecular formula is C18H17BrFN3O3S. The van der Waals surface area contributed by atoms with Crippen molar-refractivity contribution in [3.8, 4) is 16.5 Å². The van der Waals surface area contributed by atoms with Crippen molar-refractivity contribution in [2.24, 2.45) is 0 Å². The highest BCUT2D eigenvalue weighted by molar-refractivity contribution is 9.10. The molecule has 0 unspecified atom stereocenters. The average Bonchev–Trinajstić information content (AvgIpc) is 3.32. The molecule has 0 aliphatic heterocycles. The maximum absolute atomic E-state index is 13.8. The Morgan fingerprint density at radius 1 is 1.37 bits per heavy atom. The van der Waals surface area contributed by atoms with Crippen LogP contribution < -0.4 is 4.74 Å². The highest BCUT2D eigenvalue weighted by Crippen LogP contribution is 2.24. The van der Waals surface area contributed by atoms with E-state index >= 15 is 0 Å². The molecule has 6 nitrogen and oxygen atoms in total. The summed E-state index contributed by atoms with van der Waals surface area (Å²) in [6, 6.07) is 8.19. The van der Waals surface area contributed by atoms with Crippen LogP contribution in [0.15, 0.2) is 44.6 Å². The number of benzene rings is 1. The van der Waals surface area contributed by atoms with Crippen molar-refractivity contribution in [2.45, 2.75) is 19.9 Å². The van der Waals surface area contributed by atoms with E-state index in [1.54, 1.807) is 11.0 Å². The summed E-state index contributed by atoms with van der Waals surface area (Å²) < 4.78 is 25.4. The number of aromatic nitrogens is 2. The first-order valence-electron chi connectivity index (χ1n) is 8.28. The molecule has 2 heterocycles. The lowest BCUT2D eigenvalue weighted by molar-refractivity contribution is -0.134. The number of hydrogen-bond acceptors (Lipinski definition) is 6. The van der Waals surface area contributed by atoms with Crippen molar-refractivity contribution < 1.29 is 18.3 Å². The molecule has 0 spiro atoms. The Bertz CT molecular complexity index is 901. The van der Waals surface area contributed by atoms with Crippen LogP contribution >= 0.6 is 27.3 Å². The minimum absolute atomic E-state index is 0.0285. The second-order valence-electron chi connectivity index (χ2n) is 5.66. The largest absolute Gasteiger partial charge is 0.481 e. The first-order valence-corrected chi connectivity index (χ1v) is 9.96. The van der Waals surface area contributed by atoms with Gasteiger partial charge in [-0.3, -0.25) is 4.79 Å². The quantitative estimate of drug-likeness (QED) is 0.501. The molecule has 3 aromatic rings. The minimum atomic E-state index is -0.531. The summed E-state index contributed by atoms with van der Waals surface area (Å²) in [7, 11) is 0. The van der Waals surface area contributed by atoms with Gasteiger partial charge in [-0.05, 0) is 36.1 Å². The first kappa shape index (κ1) is 19.5. The van der Waals surface area contributed by atoms with Crippen LogP contribution in [-0.2, 0) is 11.3 Å². The van der Waals surface area contributed by atoms with Gasteiger partial charge < -0.3 is 14.1 Å². The van der Waals surface area contributed by atoms with Gasteiger partial charge in [-0.1, -0.05) is 28.9 Å². The third kappa shape index (κ3) is 5.14. The van der Waals surface area contributed by atoms with E-state index in [4.69, 9.17) is 9.15 Å². The van der Waals surface area contributed by atoms with Crippen LogP contribution in [-0.4, -0.2) is 34.2 Å². The Kier molecular flexibility index (Phi) is 6.57. The molecule has 0 fully saturated rings. The summed E-state index contributed by atoms with van der Waals surface area (Å²) >= 11 is 4.68. The molecular weight excluding hydrogens is 437 g/mol. The second-order valence-corrected chi connectivity index (χ2v) is 7.52. The minimum Gasteiger partial charge on any atom is -0.481 e. The van der Waals surface area contributed by atoms with Gasteiger partial charge in [0.05, 0.1) is 11.4 Å². The molecule has 0 aliphatic carbocycles. The van der Waals surface area contributed by atoms with Gasteiger partial charge in [0.1, 0.15) is 0 Å². The smallest absolute Gasteiger partial charge is 0.260 e. The molecule has 1 amide bonds. The highest BCUT2D eigenvalue weighted by Gasteiger charge is 2.19. The third-order valence-corrected chi connectivity index (χ3v) is 4.97. The van der Waals surface area contributed by atoms with Crippen molar-refractivity contribution in [1.82, 2.24) is 15.1 Å². The second kappa shape index (κ2) is 9.09. The van der Waals surface area contributed by atoms with E-state index in [2.05, 4.69) is 26.1 Å². The highest BCUT2D eigenvalue weighted by atomic mass is 79.9. The summed E-state index contributed by atoms with van der Waals surface area (Å²) in [5.74, 6) is -0.0142. The fraction of sp³-hybridized carbons (Fsp3) is 0.278. The summed E-state index contributed by atoms with van der Waals surface area (Å²) in [6.45, 7) is 2.36. The molecule has 0 aliphatic rings. The van der Waals surface area contributed by atoms with E-state index in [1.165, 1.54) is 23.5 Å². The Morgan fingerprint density at radius 2 is 2.22 bits per heavy atom. The maximum atomic E-state index is 13.8. The van der Waals surface area contributed by atoms with Crippen LogP contribution in [0.3, 0.4) is 0 Å². The monoisotopic (exact) mass is 453 g/mol. The van der Waals surface area contributed by atoms with E-state index in [0.717, 1.165) is 11.3 Å². The van der Waals surface area contributed by atoms with Crippen molar-refractivity contribution in [2.75, 3.05) is 13.2 Å². The fourth-order valence-electron chi connectivity index (χ4n) is 2.37. The van der Waals surface area contributed by atoms with Gasteiger partial charge in [0, 0.05) is 11.0 Å². The predicted octanol–water partition coefficient (Wildman–Crippen LogP) is 4.52. The van der Waals surface area contributed by atoms with E-state index in [-0.39, 0.29) is 24.8 Å². The van der Waals surface area contributed by atoms with Crippen molar-refractivity contribution in [3.63, 3.8) is 0 Å². The molecule has 27 heavy (non-hydrogen) atoms. The SMILES string of the molecule is CCCN(Cc1nnc(-c2cccs2)o1)C(=O)COc1ccc(Br)cc1F. The predicted molar refractivity (Wildman–Crippen MR) is 103 cm³/mol.